The summed E-state index contributed by atoms with van der Waals surface area (Å²) >= 11 is 11.5. The molecule has 16 heavy (non-hydrogen) atoms. The molecule has 0 N–H and O–H groups in total. The summed E-state index contributed by atoms with van der Waals surface area (Å²) in [6.07, 6.45) is 7.60. The van der Waals surface area contributed by atoms with Crippen LogP contribution in [0.1, 0.15) is 32.1 Å². The third-order valence-corrected chi connectivity index (χ3v) is 3.85. The zero-order chi connectivity index (χ0) is 11.5. The summed E-state index contributed by atoms with van der Waals surface area (Å²) in [5, 5.41) is 4.33. The standard InChI is InChI=1S/C11H14Cl2N2O/c12-9-6-14-15(11(16)10(9)13)7-8-4-2-1-3-5-8/h6,8H,1-5,7H2. The van der Waals surface area contributed by atoms with E-state index in [0.717, 1.165) is 0 Å². The molecule has 1 fully saturated rings. The maximum absolute atomic E-state index is 11.7. The molecule has 1 aromatic heterocycles. The minimum Gasteiger partial charge on any atom is -0.266 e. The molecule has 0 unspecified atom stereocenters. The van der Waals surface area contributed by atoms with Crippen LogP contribution in [0.25, 0.3) is 0 Å². The first-order valence-electron chi connectivity index (χ1n) is 5.59. The molecule has 5 heteroatoms. The minimum atomic E-state index is -0.278. The third kappa shape index (κ3) is 2.58. The molecule has 1 aromatic rings. The Morgan fingerprint density at radius 3 is 2.69 bits per heavy atom. The molecular weight excluding hydrogens is 247 g/mol. The van der Waals surface area contributed by atoms with Gasteiger partial charge in [-0.15, -0.1) is 0 Å². The lowest BCUT2D eigenvalue weighted by atomic mass is 9.89. The van der Waals surface area contributed by atoms with Gasteiger partial charge in [-0.2, -0.15) is 5.10 Å². The van der Waals surface area contributed by atoms with Crippen molar-refractivity contribution in [1.29, 1.82) is 0 Å². The van der Waals surface area contributed by atoms with Crippen molar-refractivity contribution < 1.29 is 0 Å². The van der Waals surface area contributed by atoms with Crippen LogP contribution in [-0.4, -0.2) is 9.78 Å². The van der Waals surface area contributed by atoms with Gasteiger partial charge < -0.3 is 0 Å². The predicted molar refractivity (Wildman–Crippen MR) is 65.1 cm³/mol. The normalized spacial score (nSPS) is 17.6. The summed E-state index contributed by atoms with van der Waals surface area (Å²) in [7, 11) is 0. The second-order valence-corrected chi connectivity index (χ2v) is 5.08. The Balaban J connectivity index is 2.15. The van der Waals surface area contributed by atoms with E-state index in [1.165, 1.54) is 43.0 Å². The summed E-state index contributed by atoms with van der Waals surface area (Å²) in [4.78, 5) is 11.7. The number of aromatic nitrogens is 2. The zero-order valence-electron chi connectivity index (χ0n) is 8.96. The highest BCUT2D eigenvalue weighted by molar-refractivity contribution is 6.41. The smallest absolute Gasteiger partial charge is 0.266 e. The van der Waals surface area contributed by atoms with Crippen molar-refractivity contribution in [2.24, 2.45) is 5.92 Å². The van der Waals surface area contributed by atoms with Gasteiger partial charge in [0.25, 0.3) is 5.56 Å². The summed E-state index contributed by atoms with van der Waals surface area (Å²) in [5.74, 6) is 0.552. The van der Waals surface area contributed by atoms with Crippen molar-refractivity contribution in [3.63, 3.8) is 0 Å². The van der Waals surface area contributed by atoms with Crippen LogP contribution in [0.5, 0.6) is 0 Å². The van der Waals surface area contributed by atoms with E-state index < -0.39 is 0 Å². The van der Waals surface area contributed by atoms with Gasteiger partial charge in [0.2, 0.25) is 0 Å². The minimum absolute atomic E-state index is 0.0764. The van der Waals surface area contributed by atoms with E-state index in [1.807, 2.05) is 0 Å². The number of halogens is 2. The van der Waals surface area contributed by atoms with Gasteiger partial charge in [-0.3, -0.25) is 4.79 Å². The van der Waals surface area contributed by atoms with Crippen LogP contribution in [0.15, 0.2) is 11.0 Å². The molecule has 0 aromatic carbocycles. The highest BCUT2D eigenvalue weighted by Gasteiger charge is 2.16. The van der Waals surface area contributed by atoms with Crippen molar-refractivity contribution in [1.82, 2.24) is 9.78 Å². The van der Waals surface area contributed by atoms with Crippen LogP contribution in [0.4, 0.5) is 0 Å². The molecule has 0 radical (unpaired) electrons. The first-order valence-corrected chi connectivity index (χ1v) is 6.35. The maximum Gasteiger partial charge on any atom is 0.287 e. The van der Waals surface area contributed by atoms with Crippen molar-refractivity contribution in [2.75, 3.05) is 0 Å². The predicted octanol–water partition coefficient (Wildman–Crippen LogP) is 3.13. The second-order valence-electron chi connectivity index (χ2n) is 4.30. The van der Waals surface area contributed by atoms with Crippen LogP contribution >= 0.6 is 23.2 Å². The molecule has 0 bridgehead atoms. The fraction of sp³-hybridized carbons (Fsp3) is 0.636. The SMILES string of the molecule is O=c1c(Cl)c(Cl)cnn1CC1CCCCC1. The molecule has 3 nitrogen and oxygen atoms in total. The molecule has 1 saturated carbocycles. The van der Waals surface area contributed by atoms with Gasteiger partial charge in [-0.25, -0.2) is 4.68 Å². The molecule has 0 amide bonds. The van der Waals surface area contributed by atoms with E-state index in [9.17, 15) is 4.79 Å². The van der Waals surface area contributed by atoms with Crippen LogP contribution < -0.4 is 5.56 Å². The lowest BCUT2D eigenvalue weighted by molar-refractivity contribution is 0.302. The number of nitrogens with zero attached hydrogens (tertiary/aromatic N) is 2. The highest BCUT2D eigenvalue weighted by Crippen LogP contribution is 2.24. The van der Waals surface area contributed by atoms with E-state index in [1.54, 1.807) is 0 Å². The zero-order valence-corrected chi connectivity index (χ0v) is 10.5. The fourth-order valence-electron chi connectivity index (χ4n) is 2.19. The molecule has 1 heterocycles. The largest absolute Gasteiger partial charge is 0.287 e. The van der Waals surface area contributed by atoms with Crippen LogP contribution in [0.2, 0.25) is 10.0 Å². The molecule has 1 aliphatic carbocycles. The van der Waals surface area contributed by atoms with E-state index in [2.05, 4.69) is 5.10 Å². The summed E-state index contributed by atoms with van der Waals surface area (Å²) in [6.45, 7) is 0.662. The van der Waals surface area contributed by atoms with Gasteiger partial charge in [0.15, 0.2) is 0 Å². The maximum atomic E-state index is 11.7. The van der Waals surface area contributed by atoms with Gasteiger partial charge in [0.1, 0.15) is 5.02 Å². The van der Waals surface area contributed by atoms with Gasteiger partial charge in [-0.05, 0) is 18.8 Å². The topological polar surface area (TPSA) is 34.9 Å². The van der Waals surface area contributed by atoms with E-state index in [-0.39, 0.29) is 15.6 Å². The van der Waals surface area contributed by atoms with Gasteiger partial charge in [-0.1, -0.05) is 42.5 Å². The van der Waals surface area contributed by atoms with Gasteiger partial charge in [0, 0.05) is 6.54 Å². The first kappa shape index (κ1) is 11.9. The van der Waals surface area contributed by atoms with Gasteiger partial charge >= 0.3 is 0 Å². The Morgan fingerprint density at radius 2 is 2.00 bits per heavy atom. The Bertz CT molecular complexity index is 424. The average Bonchev–Trinajstić information content (AvgIpc) is 2.31. The Hall–Kier alpha value is -0.540. The molecule has 0 aliphatic heterocycles. The highest BCUT2D eigenvalue weighted by atomic mass is 35.5. The summed E-state index contributed by atoms with van der Waals surface area (Å²) in [6, 6.07) is 0. The van der Waals surface area contributed by atoms with Crippen molar-refractivity contribution in [3.05, 3.63) is 26.6 Å². The lowest BCUT2D eigenvalue weighted by Crippen LogP contribution is -2.27. The average molecular weight is 261 g/mol. The number of rotatable bonds is 2. The quantitative estimate of drug-likeness (QED) is 0.819. The number of hydrogen-bond acceptors (Lipinski definition) is 2. The van der Waals surface area contributed by atoms with Crippen LogP contribution in [0.3, 0.4) is 0 Å². The molecule has 0 spiro atoms. The molecule has 0 saturated heterocycles. The second kappa shape index (κ2) is 5.19. The Morgan fingerprint density at radius 1 is 1.31 bits per heavy atom. The molecule has 2 rings (SSSR count). The van der Waals surface area contributed by atoms with Crippen molar-refractivity contribution in [3.8, 4) is 0 Å². The van der Waals surface area contributed by atoms with Crippen molar-refractivity contribution >= 4 is 23.2 Å². The monoisotopic (exact) mass is 260 g/mol. The molecular formula is C11H14Cl2N2O. The summed E-state index contributed by atoms with van der Waals surface area (Å²) < 4.78 is 1.43. The van der Waals surface area contributed by atoms with Crippen LogP contribution in [0, 0.1) is 5.92 Å². The van der Waals surface area contributed by atoms with E-state index in [4.69, 9.17) is 23.2 Å². The summed E-state index contributed by atoms with van der Waals surface area (Å²) in [5.41, 5.74) is -0.278. The fourth-order valence-corrected chi connectivity index (χ4v) is 2.46. The molecule has 88 valence electrons. The van der Waals surface area contributed by atoms with Crippen LogP contribution in [-0.2, 0) is 6.54 Å². The third-order valence-electron chi connectivity index (χ3n) is 3.10. The van der Waals surface area contributed by atoms with E-state index in [0.29, 0.717) is 12.5 Å². The Kier molecular flexibility index (Phi) is 3.87. The van der Waals surface area contributed by atoms with Crippen molar-refractivity contribution in [2.45, 2.75) is 38.6 Å². The number of hydrogen-bond donors (Lipinski definition) is 0. The molecule has 0 atom stereocenters. The molecule has 1 aliphatic rings. The first-order chi connectivity index (χ1) is 7.68. The van der Waals surface area contributed by atoms with E-state index >= 15 is 0 Å². The van der Waals surface area contributed by atoms with Gasteiger partial charge in [0.05, 0.1) is 11.2 Å². The lowest BCUT2D eigenvalue weighted by Gasteiger charge is -2.21. The Labute approximate surface area is 104 Å².